The van der Waals surface area contributed by atoms with Crippen LogP contribution in [-0.4, -0.2) is 71.6 Å². The Morgan fingerprint density at radius 3 is 2.48 bits per heavy atom. The Morgan fingerprint density at radius 1 is 1.16 bits per heavy atom. The standard InChI is InChI=1S/C21H23FN4O5/c1-25(2)20(30)16(27)14-5-3-4-10-26-18(14)24-15(17(28)21(26)31)19(29)23-11-12-6-8-13(22)9-7-12/h6-9,14-15H,3-5,10-11H2,1-2H3,(H,23,29). The van der Waals surface area contributed by atoms with Crippen molar-refractivity contribution >= 4 is 35.1 Å². The van der Waals surface area contributed by atoms with Crippen LogP contribution in [0.15, 0.2) is 29.3 Å². The lowest BCUT2D eigenvalue weighted by molar-refractivity contribution is -0.146. The van der Waals surface area contributed by atoms with Crippen LogP contribution in [0.3, 0.4) is 0 Å². The van der Waals surface area contributed by atoms with Crippen LogP contribution in [-0.2, 0) is 30.5 Å². The molecule has 1 saturated heterocycles. The van der Waals surface area contributed by atoms with Gasteiger partial charge in [0.1, 0.15) is 11.7 Å². The fraction of sp³-hybridized carbons (Fsp3) is 0.429. The summed E-state index contributed by atoms with van der Waals surface area (Å²) in [4.78, 5) is 69.2. The maximum atomic E-state index is 13.0. The molecule has 2 unspecified atom stereocenters. The number of amidine groups is 1. The van der Waals surface area contributed by atoms with E-state index in [1.165, 1.54) is 38.4 Å². The molecule has 31 heavy (non-hydrogen) atoms. The summed E-state index contributed by atoms with van der Waals surface area (Å²) < 4.78 is 13.0. The summed E-state index contributed by atoms with van der Waals surface area (Å²) in [6, 6.07) is 3.78. The maximum Gasteiger partial charge on any atom is 0.298 e. The van der Waals surface area contributed by atoms with Crippen LogP contribution >= 0.6 is 0 Å². The highest BCUT2D eigenvalue weighted by Gasteiger charge is 2.46. The van der Waals surface area contributed by atoms with Crippen LogP contribution in [0.25, 0.3) is 0 Å². The molecule has 2 heterocycles. The van der Waals surface area contributed by atoms with E-state index < -0.39 is 47.1 Å². The van der Waals surface area contributed by atoms with Gasteiger partial charge in [-0.25, -0.2) is 9.38 Å². The van der Waals surface area contributed by atoms with E-state index in [2.05, 4.69) is 10.3 Å². The number of Topliss-reactive ketones (excluding diaryl/α,β-unsaturated/α-hetero) is 2. The first kappa shape index (κ1) is 22.3. The van der Waals surface area contributed by atoms with Gasteiger partial charge in [0.25, 0.3) is 23.5 Å². The number of nitrogens with one attached hydrogen (secondary N) is 1. The molecule has 0 bridgehead atoms. The maximum absolute atomic E-state index is 13.0. The van der Waals surface area contributed by atoms with Gasteiger partial charge in [-0.3, -0.25) is 28.9 Å². The minimum atomic E-state index is -1.64. The van der Waals surface area contributed by atoms with E-state index in [-0.39, 0.29) is 18.9 Å². The molecular formula is C21H23FN4O5. The van der Waals surface area contributed by atoms with E-state index in [4.69, 9.17) is 0 Å². The number of carbonyl (C=O) groups excluding carboxylic acids is 5. The molecule has 164 valence electrons. The van der Waals surface area contributed by atoms with Crippen molar-refractivity contribution in [2.75, 3.05) is 20.6 Å². The second-order valence-electron chi connectivity index (χ2n) is 7.67. The number of carbonyl (C=O) groups is 5. The Morgan fingerprint density at radius 2 is 1.84 bits per heavy atom. The molecule has 1 N–H and O–H groups in total. The Bertz CT molecular complexity index is 957. The van der Waals surface area contributed by atoms with Crippen LogP contribution in [0.4, 0.5) is 4.39 Å². The highest BCUT2D eigenvalue weighted by Crippen LogP contribution is 2.25. The molecule has 10 heteroatoms. The number of amides is 3. The molecule has 2 aliphatic rings. The summed E-state index contributed by atoms with van der Waals surface area (Å²) >= 11 is 0. The van der Waals surface area contributed by atoms with Crippen molar-refractivity contribution in [3.05, 3.63) is 35.6 Å². The van der Waals surface area contributed by atoms with E-state index in [1.54, 1.807) is 0 Å². The molecule has 9 nitrogen and oxygen atoms in total. The van der Waals surface area contributed by atoms with Crippen LogP contribution in [0, 0.1) is 11.7 Å². The van der Waals surface area contributed by atoms with Gasteiger partial charge in [-0.2, -0.15) is 0 Å². The van der Waals surface area contributed by atoms with Crippen LogP contribution in [0.5, 0.6) is 0 Å². The van der Waals surface area contributed by atoms with Gasteiger partial charge in [-0.1, -0.05) is 18.6 Å². The molecule has 0 radical (unpaired) electrons. The Labute approximate surface area is 178 Å². The van der Waals surface area contributed by atoms with Gasteiger partial charge in [0, 0.05) is 27.2 Å². The zero-order valence-corrected chi connectivity index (χ0v) is 17.3. The van der Waals surface area contributed by atoms with E-state index >= 15 is 0 Å². The summed E-state index contributed by atoms with van der Waals surface area (Å²) in [7, 11) is 2.88. The van der Waals surface area contributed by atoms with Gasteiger partial charge in [0.2, 0.25) is 5.78 Å². The van der Waals surface area contributed by atoms with Crippen molar-refractivity contribution in [2.24, 2.45) is 10.9 Å². The molecule has 0 aromatic heterocycles. The highest BCUT2D eigenvalue weighted by atomic mass is 19.1. The normalized spacial score (nSPS) is 21.0. The van der Waals surface area contributed by atoms with Gasteiger partial charge < -0.3 is 10.2 Å². The van der Waals surface area contributed by atoms with Crippen molar-refractivity contribution < 1.29 is 28.4 Å². The SMILES string of the molecule is CN(C)C(=O)C(=O)C1CCCCN2C(=O)C(=O)C(C(=O)NCc3ccc(F)cc3)N=C12. The molecule has 0 saturated carbocycles. The molecule has 1 aromatic carbocycles. The quantitative estimate of drug-likeness (QED) is 0.525. The molecule has 0 spiro atoms. The van der Waals surface area contributed by atoms with Crippen LogP contribution in [0.1, 0.15) is 24.8 Å². The van der Waals surface area contributed by atoms with Gasteiger partial charge in [-0.05, 0) is 30.5 Å². The second kappa shape index (κ2) is 9.15. The first-order valence-corrected chi connectivity index (χ1v) is 9.91. The van der Waals surface area contributed by atoms with E-state index in [1.807, 2.05) is 0 Å². The van der Waals surface area contributed by atoms with Crippen molar-refractivity contribution in [3.63, 3.8) is 0 Å². The summed E-state index contributed by atoms with van der Waals surface area (Å²) in [5.41, 5.74) is 0.595. The summed E-state index contributed by atoms with van der Waals surface area (Å²) in [5, 5.41) is 2.52. The molecule has 2 atom stereocenters. The van der Waals surface area contributed by atoms with E-state index in [9.17, 15) is 28.4 Å². The monoisotopic (exact) mass is 430 g/mol. The smallest absolute Gasteiger partial charge is 0.298 e. The number of ketones is 2. The van der Waals surface area contributed by atoms with Crippen LogP contribution < -0.4 is 5.32 Å². The molecule has 3 rings (SSSR count). The van der Waals surface area contributed by atoms with Crippen molar-refractivity contribution in [1.29, 1.82) is 0 Å². The predicted molar refractivity (Wildman–Crippen MR) is 107 cm³/mol. The molecule has 3 amide bonds. The second-order valence-corrected chi connectivity index (χ2v) is 7.67. The molecular weight excluding hydrogens is 407 g/mol. The number of hydrogen-bond donors (Lipinski definition) is 1. The van der Waals surface area contributed by atoms with Crippen molar-refractivity contribution in [3.8, 4) is 0 Å². The van der Waals surface area contributed by atoms with E-state index in [0.29, 0.717) is 24.8 Å². The van der Waals surface area contributed by atoms with Crippen molar-refractivity contribution in [2.45, 2.75) is 31.8 Å². The lowest BCUT2D eigenvalue weighted by Crippen LogP contribution is -2.56. The van der Waals surface area contributed by atoms with Gasteiger partial charge in [0.05, 0.1) is 5.92 Å². The average Bonchev–Trinajstić information content (AvgIpc) is 2.97. The number of hydrogen-bond acceptors (Lipinski definition) is 6. The molecule has 1 fully saturated rings. The predicted octanol–water partition coefficient (Wildman–Crippen LogP) is 0.0777. The zero-order chi connectivity index (χ0) is 22.7. The summed E-state index contributed by atoms with van der Waals surface area (Å²) in [5.74, 6) is -5.61. The number of likely N-dealkylation sites (N-methyl/N-ethyl adjacent to an activating group) is 1. The number of rotatable bonds is 5. The third-order valence-corrected chi connectivity index (χ3v) is 5.24. The Balaban J connectivity index is 1.86. The number of fused-ring (bicyclic) bond motifs is 1. The lowest BCUT2D eigenvalue weighted by atomic mass is 9.94. The summed E-state index contributed by atoms with van der Waals surface area (Å²) in [6.07, 6.45) is 1.40. The van der Waals surface area contributed by atoms with E-state index in [0.717, 1.165) is 9.80 Å². The third-order valence-electron chi connectivity index (χ3n) is 5.24. The Hall–Kier alpha value is -3.43. The minimum absolute atomic E-state index is 0.00707. The number of nitrogens with zero attached hydrogens (tertiary/aromatic N) is 3. The summed E-state index contributed by atoms with van der Waals surface area (Å²) in [6.45, 7) is 0.195. The van der Waals surface area contributed by atoms with Gasteiger partial charge >= 0.3 is 0 Å². The number of aliphatic imine (C=N–C) groups is 1. The molecule has 2 aliphatic heterocycles. The van der Waals surface area contributed by atoms with Crippen LogP contribution in [0.2, 0.25) is 0 Å². The lowest BCUT2D eigenvalue weighted by Gasteiger charge is -2.31. The first-order valence-electron chi connectivity index (χ1n) is 9.91. The topological polar surface area (TPSA) is 116 Å². The van der Waals surface area contributed by atoms with Gasteiger partial charge in [0.15, 0.2) is 6.04 Å². The average molecular weight is 430 g/mol. The third kappa shape index (κ3) is 4.68. The molecule has 0 aliphatic carbocycles. The minimum Gasteiger partial charge on any atom is -0.350 e. The largest absolute Gasteiger partial charge is 0.350 e. The molecule has 1 aromatic rings. The first-order chi connectivity index (χ1) is 14.7. The highest BCUT2D eigenvalue weighted by molar-refractivity contribution is 6.48. The number of halogens is 1. The fourth-order valence-corrected chi connectivity index (χ4v) is 3.54. The number of benzene rings is 1. The van der Waals surface area contributed by atoms with Crippen molar-refractivity contribution in [1.82, 2.24) is 15.1 Å². The Kier molecular flexibility index (Phi) is 6.57. The van der Waals surface area contributed by atoms with Gasteiger partial charge in [-0.15, -0.1) is 0 Å². The fourth-order valence-electron chi connectivity index (χ4n) is 3.54. The zero-order valence-electron chi connectivity index (χ0n) is 17.3.